The second-order valence-corrected chi connectivity index (χ2v) is 6.41. The van der Waals surface area contributed by atoms with Crippen LogP contribution in [-0.4, -0.2) is 56.5 Å². The summed E-state index contributed by atoms with van der Waals surface area (Å²) in [5, 5.41) is 2.94. The van der Waals surface area contributed by atoms with Crippen molar-refractivity contribution in [3.63, 3.8) is 0 Å². The van der Waals surface area contributed by atoms with Gasteiger partial charge >= 0.3 is 0 Å². The number of hydrogen-bond acceptors (Lipinski definition) is 5. The predicted octanol–water partition coefficient (Wildman–Crippen LogP) is 1.66. The average molecular weight is 335 g/mol. The smallest absolute Gasteiger partial charge is 0.230 e. The molecule has 0 aliphatic rings. The summed E-state index contributed by atoms with van der Waals surface area (Å²) >= 11 is 1.67. The highest BCUT2D eigenvalue weighted by Crippen LogP contribution is 2.12. The van der Waals surface area contributed by atoms with Gasteiger partial charge in [-0.1, -0.05) is 13.8 Å². The molecule has 2 aromatic rings. The molecule has 0 aliphatic heterocycles. The maximum Gasteiger partial charge on any atom is 0.230 e. The molecule has 126 valence electrons. The fourth-order valence-corrected chi connectivity index (χ4v) is 3.19. The normalized spacial score (nSPS) is 11.3. The van der Waals surface area contributed by atoms with Crippen LogP contribution in [0, 0.1) is 0 Å². The molecular weight excluding hydrogens is 310 g/mol. The fraction of sp³-hybridized carbons (Fsp3) is 0.562. The van der Waals surface area contributed by atoms with Crippen molar-refractivity contribution in [3.05, 3.63) is 24.3 Å². The van der Waals surface area contributed by atoms with Gasteiger partial charge in [0.25, 0.3) is 0 Å². The molecule has 23 heavy (non-hydrogen) atoms. The van der Waals surface area contributed by atoms with Crippen LogP contribution in [0.4, 0.5) is 0 Å². The van der Waals surface area contributed by atoms with Crippen LogP contribution < -0.4 is 5.32 Å². The number of carbonyl (C=O) groups is 1. The molecular formula is C16H25N5OS. The van der Waals surface area contributed by atoms with Gasteiger partial charge < -0.3 is 14.8 Å². The Kier molecular flexibility index (Phi) is 6.85. The molecule has 1 N–H and O–H groups in total. The summed E-state index contributed by atoms with van der Waals surface area (Å²) < 4.78 is 1.97. The van der Waals surface area contributed by atoms with Crippen molar-refractivity contribution in [3.8, 4) is 0 Å². The number of aryl methyl sites for hydroxylation is 1. The number of carbonyl (C=O) groups excluding carboxylic acids is 1. The highest BCUT2D eigenvalue weighted by molar-refractivity contribution is 7.99. The Bertz CT molecular complexity index is 638. The van der Waals surface area contributed by atoms with Gasteiger partial charge in [0.05, 0.1) is 29.5 Å². The minimum atomic E-state index is 0.0553. The van der Waals surface area contributed by atoms with Gasteiger partial charge in [-0.05, 0) is 19.2 Å². The van der Waals surface area contributed by atoms with Gasteiger partial charge in [0.2, 0.25) is 5.91 Å². The van der Waals surface area contributed by atoms with E-state index in [1.54, 1.807) is 24.2 Å². The lowest BCUT2D eigenvalue weighted by Crippen LogP contribution is -2.28. The molecule has 1 amide bonds. The molecule has 2 rings (SSSR count). The first kappa shape index (κ1) is 17.7. The van der Waals surface area contributed by atoms with Gasteiger partial charge in [0, 0.05) is 25.5 Å². The number of fused-ring (bicyclic) bond motifs is 1. The average Bonchev–Trinajstić information content (AvgIpc) is 2.90. The molecule has 0 atom stereocenters. The third-order valence-corrected chi connectivity index (χ3v) is 4.84. The van der Waals surface area contributed by atoms with Crippen LogP contribution in [0.15, 0.2) is 18.5 Å². The Morgan fingerprint density at radius 1 is 1.39 bits per heavy atom. The van der Waals surface area contributed by atoms with Crippen LogP contribution in [0.1, 0.15) is 19.7 Å². The van der Waals surface area contributed by atoms with E-state index < -0.39 is 0 Å². The lowest BCUT2D eigenvalue weighted by Gasteiger charge is -2.17. The van der Waals surface area contributed by atoms with Gasteiger partial charge in [-0.25, -0.2) is 4.98 Å². The number of nitrogens with one attached hydrogen (secondary N) is 1. The maximum absolute atomic E-state index is 11.9. The highest BCUT2D eigenvalue weighted by atomic mass is 32.2. The highest BCUT2D eigenvalue weighted by Gasteiger charge is 2.09. The number of hydrogen-bond donors (Lipinski definition) is 1. The lowest BCUT2D eigenvalue weighted by molar-refractivity contribution is -0.118. The first-order chi connectivity index (χ1) is 11.2. The molecule has 0 unspecified atom stereocenters. The Morgan fingerprint density at radius 2 is 2.17 bits per heavy atom. The van der Waals surface area contributed by atoms with Gasteiger partial charge in [0.15, 0.2) is 0 Å². The minimum absolute atomic E-state index is 0.0553. The van der Waals surface area contributed by atoms with E-state index in [9.17, 15) is 4.79 Å². The van der Waals surface area contributed by atoms with Crippen molar-refractivity contribution in [1.82, 2.24) is 24.8 Å². The van der Waals surface area contributed by atoms with Gasteiger partial charge in [-0.15, -0.1) is 0 Å². The van der Waals surface area contributed by atoms with E-state index in [2.05, 4.69) is 34.0 Å². The number of nitrogens with zero attached hydrogens (tertiary/aromatic N) is 4. The second kappa shape index (κ2) is 8.88. The van der Waals surface area contributed by atoms with Crippen molar-refractivity contribution < 1.29 is 4.79 Å². The zero-order valence-electron chi connectivity index (χ0n) is 14.1. The molecule has 7 heteroatoms. The molecule has 0 bridgehead atoms. The van der Waals surface area contributed by atoms with E-state index in [-0.39, 0.29) is 5.91 Å². The third-order valence-electron chi connectivity index (χ3n) is 3.90. The molecule has 2 heterocycles. The number of amides is 1. The largest absolute Gasteiger partial charge is 0.348 e. The Labute approximate surface area is 141 Å². The zero-order valence-corrected chi connectivity index (χ0v) is 14.9. The number of rotatable bonds is 9. The fourth-order valence-electron chi connectivity index (χ4n) is 2.37. The maximum atomic E-state index is 11.9. The zero-order chi connectivity index (χ0) is 16.7. The van der Waals surface area contributed by atoms with E-state index in [4.69, 9.17) is 0 Å². The number of pyridine rings is 1. The topological polar surface area (TPSA) is 63.1 Å². The predicted molar refractivity (Wildman–Crippen MR) is 95.5 cm³/mol. The summed E-state index contributed by atoms with van der Waals surface area (Å²) in [6.07, 6.45) is 3.51. The summed E-state index contributed by atoms with van der Waals surface area (Å²) in [5.41, 5.74) is 1.88. The Hall–Kier alpha value is -1.60. The van der Waals surface area contributed by atoms with Crippen LogP contribution in [0.25, 0.3) is 11.0 Å². The van der Waals surface area contributed by atoms with Crippen LogP contribution >= 0.6 is 11.8 Å². The number of imidazole rings is 1. The molecule has 0 radical (unpaired) electrons. The van der Waals surface area contributed by atoms with Crippen molar-refractivity contribution in [1.29, 1.82) is 0 Å². The van der Waals surface area contributed by atoms with E-state index in [1.807, 2.05) is 17.7 Å². The van der Waals surface area contributed by atoms with Crippen molar-refractivity contribution >= 4 is 28.7 Å². The molecule has 0 spiro atoms. The van der Waals surface area contributed by atoms with E-state index in [1.165, 1.54) is 0 Å². The van der Waals surface area contributed by atoms with Crippen molar-refractivity contribution in [2.45, 2.75) is 20.4 Å². The van der Waals surface area contributed by atoms with E-state index in [0.29, 0.717) is 12.3 Å². The molecule has 0 aromatic carbocycles. The minimum Gasteiger partial charge on any atom is -0.348 e. The van der Waals surface area contributed by atoms with Crippen LogP contribution in [0.3, 0.4) is 0 Å². The molecule has 0 fully saturated rings. The summed E-state index contributed by atoms with van der Waals surface area (Å²) in [5.74, 6) is 2.37. The van der Waals surface area contributed by atoms with Gasteiger partial charge in [-0.3, -0.25) is 9.78 Å². The van der Waals surface area contributed by atoms with Crippen molar-refractivity contribution in [2.24, 2.45) is 7.05 Å². The number of thioether (sulfide) groups is 1. The molecule has 0 aliphatic carbocycles. The van der Waals surface area contributed by atoms with Gasteiger partial charge in [-0.2, -0.15) is 11.8 Å². The Morgan fingerprint density at radius 3 is 2.87 bits per heavy atom. The number of aromatic nitrogens is 3. The summed E-state index contributed by atoms with van der Waals surface area (Å²) in [4.78, 5) is 22.9. The van der Waals surface area contributed by atoms with Crippen LogP contribution in [0.5, 0.6) is 0 Å². The quantitative estimate of drug-likeness (QED) is 0.706. The first-order valence-electron chi connectivity index (χ1n) is 7.97. The van der Waals surface area contributed by atoms with E-state index >= 15 is 0 Å². The lowest BCUT2D eigenvalue weighted by atomic mass is 10.4. The molecule has 0 saturated carbocycles. The standard InChI is InChI=1S/C16H25N5OS/c1-4-21(5-2)8-9-23-12-16(22)18-11-15-19-13-6-7-17-10-14(13)20(15)3/h6-7,10H,4-5,8-9,11-12H2,1-3H3,(H,18,22). The summed E-state index contributed by atoms with van der Waals surface area (Å²) in [7, 11) is 1.94. The van der Waals surface area contributed by atoms with E-state index in [0.717, 1.165) is 42.2 Å². The summed E-state index contributed by atoms with van der Waals surface area (Å²) in [6.45, 7) is 7.92. The molecule has 0 saturated heterocycles. The Balaban J connectivity index is 1.74. The van der Waals surface area contributed by atoms with Crippen LogP contribution in [0.2, 0.25) is 0 Å². The monoisotopic (exact) mass is 335 g/mol. The third kappa shape index (κ3) is 4.94. The second-order valence-electron chi connectivity index (χ2n) is 5.31. The van der Waals surface area contributed by atoms with Gasteiger partial charge in [0.1, 0.15) is 5.82 Å². The molecule has 2 aromatic heterocycles. The SMILES string of the molecule is CCN(CC)CCSCC(=O)NCc1nc2ccncc2n1C. The molecule has 6 nitrogen and oxygen atoms in total. The summed E-state index contributed by atoms with van der Waals surface area (Å²) in [6, 6.07) is 1.88. The van der Waals surface area contributed by atoms with Crippen molar-refractivity contribution in [2.75, 3.05) is 31.1 Å². The first-order valence-corrected chi connectivity index (χ1v) is 9.13. The van der Waals surface area contributed by atoms with Crippen LogP contribution in [-0.2, 0) is 18.4 Å².